The molecule has 0 radical (unpaired) electrons. The minimum Gasteiger partial charge on any atom is -0.437 e. The Bertz CT molecular complexity index is 1260. The lowest BCUT2D eigenvalue weighted by Crippen LogP contribution is -2.05. The van der Waals surface area contributed by atoms with Crippen molar-refractivity contribution in [3.63, 3.8) is 0 Å². The van der Waals surface area contributed by atoms with Gasteiger partial charge in [0.2, 0.25) is 17.7 Å². The SMILES string of the molecule is CC(=O)Nc1cccc(Oc2nc(Nc3ccc(CS(C)=O)cc3)nc3ccsc23)c1. The van der Waals surface area contributed by atoms with Crippen molar-refractivity contribution in [3.05, 3.63) is 65.5 Å². The molecule has 2 heterocycles. The molecule has 0 bridgehead atoms. The second-order valence-corrected chi connectivity index (χ2v) is 9.19. The summed E-state index contributed by atoms with van der Waals surface area (Å²) in [5, 5.41) is 7.88. The number of ether oxygens (including phenoxy) is 1. The Hall–Kier alpha value is -3.30. The first-order valence-corrected chi connectivity index (χ1v) is 12.0. The molecule has 4 aromatic rings. The van der Waals surface area contributed by atoms with Crippen molar-refractivity contribution in [1.82, 2.24) is 9.97 Å². The molecule has 158 valence electrons. The summed E-state index contributed by atoms with van der Waals surface area (Å²) in [5.74, 6) is 1.77. The number of hydrogen-bond donors (Lipinski definition) is 2. The summed E-state index contributed by atoms with van der Waals surface area (Å²) >= 11 is 1.49. The van der Waals surface area contributed by atoms with Crippen molar-refractivity contribution in [2.24, 2.45) is 0 Å². The fourth-order valence-corrected chi connectivity index (χ4v) is 4.38. The van der Waals surface area contributed by atoms with Gasteiger partial charge in [0.1, 0.15) is 10.4 Å². The molecule has 7 nitrogen and oxygen atoms in total. The molecule has 1 unspecified atom stereocenters. The van der Waals surface area contributed by atoms with Crippen LogP contribution in [0.25, 0.3) is 10.2 Å². The van der Waals surface area contributed by atoms with Gasteiger partial charge in [0.15, 0.2) is 0 Å². The number of aromatic nitrogens is 2. The predicted molar refractivity (Wildman–Crippen MR) is 126 cm³/mol. The van der Waals surface area contributed by atoms with Gasteiger partial charge in [-0.25, -0.2) is 4.98 Å². The van der Waals surface area contributed by atoms with E-state index in [9.17, 15) is 9.00 Å². The number of rotatable bonds is 7. The molecule has 2 aromatic heterocycles. The molecule has 0 spiro atoms. The summed E-state index contributed by atoms with van der Waals surface area (Å²) in [6.07, 6.45) is 1.68. The number of anilines is 3. The number of carbonyl (C=O) groups excluding carboxylic acids is 1. The van der Waals surface area contributed by atoms with Crippen molar-refractivity contribution in [2.45, 2.75) is 12.7 Å². The molecule has 1 atom stereocenters. The number of nitrogens with one attached hydrogen (secondary N) is 2. The van der Waals surface area contributed by atoms with Crippen LogP contribution in [0.15, 0.2) is 60.0 Å². The van der Waals surface area contributed by atoms with E-state index < -0.39 is 10.8 Å². The highest BCUT2D eigenvalue weighted by Gasteiger charge is 2.12. The largest absolute Gasteiger partial charge is 0.437 e. The Morgan fingerprint density at radius 2 is 1.90 bits per heavy atom. The molecular weight excluding hydrogens is 432 g/mol. The van der Waals surface area contributed by atoms with Crippen LogP contribution in [0.2, 0.25) is 0 Å². The number of amides is 1. The third-order valence-electron chi connectivity index (χ3n) is 4.22. The molecule has 4 rings (SSSR count). The van der Waals surface area contributed by atoms with Crippen LogP contribution in [0.5, 0.6) is 11.6 Å². The maximum atomic E-state index is 11.4. The molecule has 0 aliphatic carbocycles. The minimum absolute atomic E-state index is 0.150. The van der Waals surface area contributed by atoms with Gasteiger partial charge < -0.3 is 15.4 Å². The van der Waals surface area contributed by atoms with Gasteiger partial charge in [0, 0.05) is 47.2 Å². The molecule has 0 fully saturated rings. The Morgan fingerprint density at radius 1 is 1.10 bits per heavy atom. The minimum atomic E-state index is -0.884. The summed E-state index contributed by atoms with van der Waals surface area (Å²) in [6.45, 7) is 1.46. The number of hydrogen-bond acceptors (Lipinski definition) is 7. The van der Waals surface area contributed by atoms with Crippen LogP contribution >= 0.6 is 11.3 Å². The van der Waals surface area contributed by atoms with Crippen molar-refractivity contribution >= 4 is 55.6 Å². The zero-order valence-electron chi connectivity index (χ0n) is 16.9. The lowest BCUT2D eigenvalue weighted by Gasteiger charge is -2.11. The first-order chi connectivity index (χ1) is 15.0. The normalized spacial score (nSPS) is 11.8. The van der Waals surface area contributed by atoms with Crippen LogP contribution in [0, 0.1) is 0 Å². The van der Waals surface area contributed by atoms with E-state index >= 15 is 0 Å². The lowest BCUT2D eigenvalue weighted by atomic mass is 10.2. The molecule has 0 saturated heterocycles. The second-order valence-electron chi connectivity index (χ2n) is 6.84. The zero-order valence-corrected chi connectivity index (χ0v) is 18.5. The van der Waals surface area contributed by atoms with Crippen molar-refractivity contribution < 1.29 is 13.7 Å². The van der Waals surface area contributed by atoms with Gasteiger partial charge in [-0.1, -0.05) is 18.2 Å². The molecule has 9 heteroatoms. The fourth-order valence-electron chi connectivity index (χ4n) is 2.96. The summed E-state index contributed by atoms with van der Waals surface area (Å²) in [5.41, 5.74) is 3.24. The molecule has 2 aromatic carbocycles. The van der Waals surface area contributed by atoms with E-state index in [1.165, 1.54) is 18.3 Å². The van der Waals surface area contributed by atoms with Crippen molar-refractivity contribution in [2.75, 3.05) is 16.9 Å². The fraction of sp³-hybridized carbons (Fsp3) is 0.136. The highest BCUT2D eigenvalue weighted by Crippen LogP contribution is 2.33. The average Bonchev–Trinajstić information content (AvgIpc) is 3.18. The van der Waals surface area contributed by atoms with Crippen LogP contribution in [-0.2, 0) is 21.3 Å². The second kappa shape index (κ2) is 9.23. The summed E-state index contributed by atoms with van der Waals surface area (Å²) in [7, 11) is -0.884. The third-order valence-corrected chi connectivity index (χ3v) is 5.85. The van der Waals surface area contributed by atoms with Crippen LogP contribution in [0.3, 0.4) is 0 Å². The molecule has 0 aliphatic rings. The number of benzene rings is 2. The molecule has 31 heavy (non-hydrogen) atoms. The average molecular weight is 453 g/mol. The number of carbonyl (C=O) groups is 1. The van der Waals surface area contributed by atoms with E-state index in [-0.39, 0.29) is 5.91 Å². The van der Waals surface area contributed by atoms with E-state index in [4.69, 9.17) is 4.74 Å². The van der Waals surface area contributed by atoms with Gasteiger partial charge in [0.25, 0.3) is 0 Å². The van der Waals surface area contributed by atoms with E-state index in [0.717, 1.165) is 21.5 Å². The highest BCUT2D eigenvalue weighted by atomic mass is 32.2. The maximum absolute atomic E-state index is 11.4. The van der Waals surface area contributed by atoms with Gasteiger partial charge in [-0.2, -0.15) is 4.98 Å². The van der Waals surface area contributed by atoms with Gasteiger partial charge in [0.05, 0.1) is 5.52 Å². The molecule has 0 saturated carbocycles. The van der Waals surface area contributed by atoms with E-state index in [1.807, 2.05) is 35.7 Å². The first-order valence-electron chi connectivity index (χ1n) is 9.43. The molecule has 0 aliphatic heterocycles. The molecule has 2 N–H and O–H groups in total. The van der Waals surface area contributed by atoms with E-state index in [0.29, 0.717) is 29.0 Å². The Kier molecular flexibility index (Phi) is 6.24. The van der Waals surface area contributed by atoms with Crippen LogP contribution in [0.1, 0.15) is 12.5 Å². The smallest absolute Gasteiger partial charge is 0.242 e. The Balaban J connectivity index is 1.59. The van der Waals surface area contributed by atoms with Crippen molar-refractivity contribution in [3.8, 4) is 11.6 Å². The summed E-state index contributed by atoms with van der Waals surface area (Å²) in [4.78, 5) is 20.4. The third kappa shape index (κ3) is 5.44. The van der Waals surface area contributed by atoms with Crippen LogP contribution in [0.4, 0.5) is 17.3 Å². The molecular formula is C22H20N4O3S2. The molecule has 1 amide bonds. The number of thiophene rings is 1. The van der Waals surface area contributed by atoms with Gasteiger partial charge in [-0.05, 0) is 41.3 Å². The van der Waals surface area contributed by atoms with Crippen LogP contribution in [-0.4, -0.2) is 26.3 Å². The number of fused-ring (bicyclic) bond motifs is 1. The topological polar surface area (TPSA) is 93.2 Å². The summed E-state index contributed by atoms with van der Waals surface area (Å²) in [6, 6.07) is 16.7. The highest BCUT2D eigenvalue weighted by molar-refractivity contribution is 7.83. The first kappa shape index (κ1) is 21.0. The van der Waals surface area contributed by atoms with Gasteiger partial charge >= 0.3 is 0 Å². The summed E-state index contributed by atoms with van der Waals surface area (Å²) < 4.78 is 18.3. The van der Waals surface area contributed by atoms with Gasteiger partial charge in [-0.3, -0.25) is 9.00 Å². The standard InChI is InChI=1S/C22H20N4O3S2/c1-14(27)23-17-4-3-5-18(12-17)29-21-20-19(10-11-30-20)25-22(26-21)24-16-8-6-15(7-9-16)13-31(2)28/h3-12H,13H2,1-2H3,(H,23,27)(H,24,25,26). The van der Waals surface area contributed by atoms with Gasteiger partial charge in [-0.15, -0.1) is 11.3 Å². The zero-order chi connectivity index (χ0) is 21.8. The maximum Gasteiger partial charge on any atom is 0.242 e. The van der Waals surface area contributed by atoms with Crippen LogP contribution < -0.4 is 15.4 Å². The predicted octanol–water partition coefficient (Wildman–Crippen LogP) is 5.06. The number of nitrogens with zero attached hydrogens (tertiary/aromatic N) is 2. The van der Waals surface area contributed by atoms with Crippen molar-refractivity contribution in [1.29, 1.82) is 0 Å². The Morgan fingerprint density at radius 3 is 2.65 bits per heavy atom. The monoisotopic (exact) mass is 452 g/mol. The quantitative estimate of drug-likeness (QED) is 0.407. The van der Waals surface area contributed by atoms with E-state index in [1.54, 1.807) is 30.5 Å². The Labute approximate surface area is 186 Å². The van der Waals surface area contributed by atoms with E-state index in [2.05, 4.69) is 20.6 Å². The lowest BCUT2D eigenvalue weighted by molar-refractivity contribution is -0.114.